The zero-order valence-electron chi connectivity index (χ0n) is 11.2. The molecule has 1 aromatic carbocycles. The van der Waals surface area contributed by atoms with Crippen LogP contribution in [0.5, 0.6) is 0 Å². The lowest BCUT2D eigenvalue weighted by Gasteiger charge is -2.30. The van der Waals surface area contributed by atoms with Crippen LogP contribution >= 0.6 is 12.2 Å². The van der Waals surface area contributed by atoms with Crippen LogP contribution in [-0.4, -0.2) is 11.2 Å². The van der Waals surface area contributed by atoms with Crippen molar-refractivity contribution < 1.29 is 0 Å². The zero-order valence-corrected chi connectivity index (χ0v) is 12.0. The molecule has 0 heterocycles. The fraction of sp³-hybridized carbons (Fsp3) is 0.533. The Kier molecular flexibility index (Phi) is 4.59. The van der Waals surface area contributed by atoms with Gasteiger partial charge in [0.25, 0.3) is 0 Å². The molecule has 2 rings (SSSR count). The SMILES string of the molecule is Cc1cccc(NC(=S)N[C@H]2CCCC[C@H]2C)c1. The van der Waals surface area contributed by atoms with Crippen molar-refractivity contribution in [3.63, 3.8) is 0 Å². The van der Waals surface area contributed by atoms with Gasteiger partial charge >= 0.3 is 0 Å². The van der Waals surface area contributed by atoms with Crippen LogP contribution in [0.2, 0.25) is 0 Å². The second kappa shape index (κ2) is 6.19. The average Bonchev–Trinajstić information content (AvgIpc) is 2.32. The summed E-state index contributed by atoms with van der Waals surface area (Å²) in [6.07, 6.45) is 5.22. The smallest absolute Gasteiger partial charge is 0.171 e. The van der Waals surface area contributed by atoms with E-state index in [2.05, 4.69) is 36.6 Å². The molecule has 98 valence electrons. The highest BCUT2D eigenvalue weighted by atomic mass is 32.1. The van der Waals surface area contributed by atoms with Crippen molar-refractivity contribution in [3.05, 3.63) is 29.8 Å². The molecular weight excluding hydrogens is 240 g/mol. The molecule has 0 aromatic heterocycles. The number of aryl methyl sites for hydroxylation is 1. The van der Waals surface area contributed by atoms with Gasteiger partial charge in [0.15, 0.2) is 5.11 Å². The zero-order chi connectivity index (χ0) is 13.0. The summed E-state index contributed by atoms with van der Waals surface area (Å²) >= 11 is 5.39. The maximum atomic E-state index is 5.39. The first-order chi connectivity index (χ1) is 8.65. The van der Waals surface area contributed by atoms with Gasteiger partial charge in [0.05, 0.1) is 0 Å². The summed E-state index contributed by atoms with van der Waals surface area (Å²) in [4.78, 5) is 0. The largest absolute Gasteiger partial charge is 0.359 e. The molecule has 3 heteroatoms. The highest BCUT2D eigenvalue weighted by molar-refractivity contribution is 7.80. The van der Waals surface area contributed by atoms with Gasteiger partial charge in [-0.3, -0.25) is 0 Å². The van der Waals surface area contributed by atoms with Crippen LogP contribution in [0.3, 0.4) is 0 Å². The minimum absolute atomic E-state index is 0.531. The lowest BCUT2D eigenvalue weighted by atomic mass is 9.86. The summed E-state index contributed by atoms with van der Waals surface area (Å²) in [5.41, 5.74) is 2.31. The molecule has 0 bridgehead atoms. The van der Waals surface area contributed by atoms with E-state index in [4.69, 9.17) is 12.2 Å². The Labute approximate surface area is 115 Å². The van der Waals surface area contributed by atoms with Crippen LogP contribution in [0, 0.1) is 12.8 Å². The standard InChI is InChI=1S/C15H22N2S/c1-11-6-5-8-13(10-11)16-15(18)17-14-9-4-3-7-12(14)2/h5-6,8,10,12,14H,3-4,7,9H2,1-2H3,(H2,16,17,18)/t12-,14+/m1/s1. The van der Waals surface area contributed by atoms with Crippen LogP contribution < -0.4 is 10.6 Å². The van der Waals surface area contributed by atoms with Crippen molar-refractivity contribution in [1.82, 2.24) is 5.32 Å². The second-order valence-corrected chi connectivity index (χ2v) is 5.74. The fourth-order valence-corrected chi connectivity index (χ4v) is 2.86. The molecule has 0 amide bonds. The molecule has 0 saturated heterocycles. The van der Waals surface area contributed by atoms with Gasteiger partial charge in [0.1, 0.15) is 0 Å². The Balaban J connectivity index is 1.88. The molecular formula is C15H22N2S. The number of hydrogen-bond acceptors (Lipinski definition) is 1. The maximum Gasteiger partial charge on any atom is 0.171 e. The molecule has 0 radical (unpaired) electrons. The monoisotopic (exact) mass is 262 g/mol. The Bertz CT molecular complexity index is 417. The lowest BCUT2D eigenvalue weighted by molar-refractivity contribution is 0.309. The van der Waals surface area contributed by atoms with E-state index in [1.807, 2.05) is 12.1 Å². The Hall–Kier alpha value is -1.09. The first-order valence-corrected chi connectivity index (χ1v) is 7.20. The van der Waals surface area contributed by atoms with Crippen molar-refractivity contribution in [2.45, 2.75) is 45.6 Å². The van der Waals surface area contributed by atoms with Crippen LogP contribution in [-0.2, 0) is 0 Å². The van der Waals surface area contributed by atoms with Crippen LogP contribution in [0.4, 0.5) is 5.69 Å². The third-order valence-corrected chi connectivity index (χ3v) is 3.92. The number of benzene rings is 1. The molecule has 2 nitrogen and oxygen atoms in total. The van der Waals surface area contributed by atoms with E-state index in [0.29, 0.717) is 6.04 Å². The van der Waals surface area contributed by atoms with E-state index in [1.165, 1.54) is 31.2 Å². The molecule has 1 aliphatic rings. The fourth-order valence-electron chi connectivity index (χ4n) is 2.59. The van der Waals surface area contributed by atoms with Gasteiger partial charge in [-0.05, 0) is 55.6 Å². The maximum absolute atomic E-state index is 5.39. The molecule has 18 heavy (non-hydrogen) atoms. The van der Waals surface area contributed by atoms with Crippen LogP contribution in [0.1, 0.15) is 38.2 Å². The van der Waals surface area contributed by atoms with Crippen molar-refractivity contribution >= 4 is 23.0 Å². The van der Waals surface area contributed by atoms with E-state index in [-0.39, 0.29) is 0 Å². The molecule has 0 unspecified atom stereocenters. The third kappa shape index (κ3) is 3.70. The summed E-state index contributed by atoms with van der Waals surface area (Å²) < 4.78 is 0. The first kappa shape index (κ1) is 13.3. The molecule has 0 spiro atoms. The molecule has 2 atom stereocenters. The molecule has 1 fully saturated rings. The van der Waals surface area contributed by atoms with Crippen LogP contribution in [0.25, 0.3) is 0 Å². The highest BCUT2D eigenvalue weighted by Crippen LogP contribution is 2.23. The van der Waals surface area contributed by atoms with E-state index in [0.717, 1.165) is 16.7 Å². The van der Waals surface area contributed by atoms with Gasteiger partial charge in [-0.1, -0.05) is 31.9 Å². The van der Waals surface area contributed by atoms with Crippen molar-refractivity contribution in [2.24, 2.45) is 5.92 Å². The Morgan fingerprint density at radius 1 is 1.28 bits per heavy atom. The van der Waals surface area contributed by atoms with E-state index in [9.17, 15) is 0 Å². The van der Waals surface area contributed by atoms with E-state index < -0.39 is 0 Å². The molecule has 0 aliphatic heterocycles. The normalized spacial score (nSPS) is 23.4. The van der Waals surface area contributed by atoms with E-state index in [1.54, 1.807) is 0 Å². The molecule has 1 saturated carbocycles. The third-order valence-electron chi connectivity index (χ3n) is 3.70. The van der Waals surface area contributed by atoms with Gasteiger partial charge in [0, 0.05) is 11.7 Å². The van der Waals surface area contributed by atoms with Gasteiger partial charge in [-0.25, -0.2) is 0 Å². The molecule has 2 N–H and O–H groups in total. The van der Waals surface area contributed by atoms with Crippen molar-refractivity contribution in [2.75, 3.05) is 5.32 Å². The van der Waals surface area contributed by atoms with Crippen molar-refractivity contribution in [1.29, 1.82) is 0 Å². The first-order valence-electron chi connectivity index (χ1n) is 6.79. The number of thiocarbonyl (C=S) groups is 1. The van der Waals surface area contributed by atoms with Crippen LogP contribution in [0.15, 0.2) is 24.3 Å². The Morgan fingerprint density at radius 3 is 2.78 bits per heavy atom. The summed E-state index contributed by atoms with van der Waals surface area (Å²) in [6.45, 7) is 4.40. The topological polar surface area (TPSA) is 24.1 Å². The second-order valence-electron chi connectivity index (χ2n) is 5.34. The summed E-state index contributed by atoms with van der Waals surface area (Å²) in [7, 11) is 0. The number of rotatable bonds is 2. The summed E-state index contributed by atoms with van der Waals surface area (Å²) in [6, 6.07) is 8.82. The minimum atomic E-state index is 0.531. The van der Waals surface area contributed by atoms with E-state index >= 15 is 0 Å². The number of hydrogen-bond donors (Lipinski definition) is 2. The minimum Gasteiger partial charge on any atom is -0.359 e. The van der Waals surface area contributed by atoms with Gasteiger partial charge in [-0.15, -0.1) is 0 Å². The molecule has 1 aromatic rings. The lowest BCUT2D eigenvalue weighted by Crippen LogP contribution is -2.43. The van der Waals surface area contributed by atoms with Gasteiger partial charge in [0.2, 0.25) is 0 Å². The van der Waals surface area contributed by atoms with Crippen molar-refractivity contribution in [3.8, 4) is 0 Å². The number of anilines is 1. The average molecular weight is 262 g/mol. The molecule has 1 aliphatic carbocycles. The predicted octanol–water partition coefficient (Wildman–Crippen LogP) is 3.86. The van der Waals surface area contributed by atoms with Gasteiger partial charge in [-0.2, -0.15) is 0 Å². The summed E-state index contributed by atoms with van der Waals surface area (Å²) in [5.74, 6) is 0.719. The summed E-state index contributed by atoms with van der Waals surface area (Å²) in [5, 5.41) is 7.48. The quantitative estimate of drug-likeness (QED) is 0.791. The Morgan fingerprint density at radius 2 is 2.06 bits per heavy atom. The predicted molar refractivity (Wildman–Crippen MR) is 82.0 cm³/mol. The highest BCUT2D eigenvalue weighted by Gasteiger charge is 2.21. The van der Waals surface area contributed by atoms with Gasteiger partial charge < -0.3 is 10.6 Å². The number of nitrogens with one attached hydrogen (secondary N) is 2.